The molecular weight excluding hydrogens is 340 g/mol. The lowest BCUT2D eigenvalue weighted by molar-refractivity contribution is 0.356. The van der Waals surface area contributed by atoms with Crippen LogP contribution in [0.4, 0.5) is 20.3 Å². The van der Waals surface area contributed by atoms with Crippen LogP contribution in [0, 0.1) is 11.6 Å². The van der Waals surface area contributed by atoms with Gasteiger partial charge in [-0.05, 0) is 29.8 Å². The first-order valence-corrected chi connectivity index (χ1v) is 7.21. The number of nitrogens with one attached hydrogen (secondary N) is 1. The minimum atomic E-state index is -0.969. The van der Waals surface area contributed by atoms with E-state index in [-0.39, 0.29) is 5.28 Å². The van der Waals surface area contributed by atoms with Gasteiger partial charge in [-0.1, -0.05) is 0 Å². The minimum Gasteiger partial charge on any atom is -0.493 e. The summed E-state index contributed by atoms with van der Waals surface area (Å²) in [4.78, 5) is 8.25. The first-order valence-electron chi connectivity index (χ1n) is 6.83. The molecule has 1 heterocycles. The topological polar surface area (TPSA) is 56.3 Å². The van der Waals surface area contributed by atoms with Crippen molar-refractivity contribution in [3.8, 4) is 11.5 Å². The third kappa shape index (κ3) is 3.03. The van der Waals surface area contributed by atoms with Gasteiger partial charge in [0.15, 0.2) is 23.1 Å². The number of hydrogen-bond acceptors (Lipinski definition) is 5. The van der Waals surface area contributed by atoms with Gasteiger partial charge in [0.1, 0.15) is 5.82 Å². The van der Waals surface area contributed by atoms with E-state index in [4.69, 9.17) is 21.1 Å². The van der Waals surface area contributed by atoms with Crippen LogP contribution in [0.25, 0.3) is 10.9 Å². The van der Waals surface area contributed by atoms with Crippen molar-refractivity contribution in [1.82, 2.24) is 9.97 Å². The van der Waals surface area contributed by atoms with Crippen LogP contribution in [0.3, 0.4) is 0 Å². The van der Waals surface area contributed by atoms with Gasteiger partial charge in [-0.15, -0.1) is 0 Å². The molecule has 0 amide bonds. The molecule has 0 radical (unpaired) electrons. The van der Waals surface area contributed by atoms with Crippen molar-refractivity contribution in [3.05, 3.63) is 47.2 Å². The number of hydrogen-bond donors (Lipinski definition) is 1. The maximum Gasteiger partial charge on any atom is 0.224 e. The number of anilines is 2. The Morgan fingerprint density at radius 2 is 1.67 bits per heavy atom. The first kappa shape index (κ1) is 16.2. The van der Waals surface area contributed by atoms with E-state index in [1.807, 2.05) is 0 Å². The number of rotatable bonds is 4. The molecule has 1 N–H and O–H groups in total. The maximum atomic E-state index is 13.4. The zero-order valence-corrected chi connectivity index (χ0v) is 13.5. The summed E-state index contributed by atoms with van der Waals surface area (Å²) in [6, 6.07) is 6.76. The normalized spacial score (nSPS) is 10.7. The van der Waals surface area contributed by atoms with Crippen molar-refractivity contribution in [2.45, 2.75) is 0 Å². The van der Waals surface area contributed by atoms with E-state index in [0.29, 0.717) is 33.9 Å². The fourth-order valence-electron chi connectivity index (χ4n) is 2.23. The number of nitrogens with zero attached hydrogens (tertiary/aromatic N) is 2. The van der Waals surface area contributed by atoms with Crippen LogP contribution >= 0.6 is 11.6 Å². The highest BCUT2D eigenvalue weighted by molar-refractivity contribution is 6.28. The average molecular weight is 352 g/mol. The summed E-state index contributed by atoms with van der Waals surface area (Å²) in [5, 5.41) is 3.49. The second-order valence-electron chi connectivity index (χ2n) is 4.82. The van der Waals surface area contributed by atoms with Crippen LogP contribution in [0.5, 0.6) is 11.5 Å². The minimum absolute atomic E-state index is 0.000182. The highest BCUT2D eigenvalue weighted by Gasteiger charge is 2.13. The molecule has 0 saturated carbocycles. The SMILES string of the molecule is COc1cc2nc(Cl)nc(Nc3ccc(F)c(F)c3)c2cc1OC. The average Bonchev–Trinajstić information content (AvgIpc) is 2.57. The molecule has 0 saturated heterocycles. The van der Waals surface area contributed by atoms with Crippen molar-refractivity contribution in [2.75, 3.05) is 19.5 Å². The number of ether oxygens (including phenoxy) is 2. The lowest BCUT2D eigenvalue weighted by atomic mass is 10.2. The number of halogens is 3. The van der Waals surface area contributed by atoms with Gasteiger partial charge in [0, 0.05) is 23.2 Å². The predicted molar refractivity (Wildman–Crippen MR) is 87.3 cm³/mol. The summed E-state index contributed by atoms with van der Waals surface area (Å²) in [6.45, 7) is 0. The van der Waals surface area contributed by atoms with E-state index in [0.717, 1.165) is 12.1 Å². The van der Waals surface area contributed by atoms with Crippen LogP contribution in [-0.2, 0) is 0 Å². The molecule has 3 rings (SSSR count). The van der Waals surface area contributed by atoms with E-state index < -0.39 is 11.6 Å². The Labute approximate surface area is 141 Å². The fraction of sp³-hybridized carbons (Fsp3) is 0.125. The van der Waals surface area contributed by atoms with Gasteiger partial charge in [0.25, 0.3) is 0 Å². The zero-order chi connectivity index (χ0) is 17.3. The monoisotopic (exact) mass is 351 g/mol. The summed E-state index contributed by atoms with van der Waals surface area (Å²) in [6.07, 6.45) is 0. The molecule has 0 atom stereocenters. The Hall–Kier alpha value is -2.67. The molecular formula is C16H12ClF2N3O2. The maximum absolute atomic E-state index is 13.4. The number of benzene rings is 2. The quantitative estimate of drug-likeness (QED) is 0.709. The molecule has 124 valence electrons. The van der Waals surface area contributed by atoms with Crippen molar-refractivity contribution in [2.24, 2.45) is 0 Å². The van der Waals surface area contributed by atoms with Crippen molar-refractivity contribution >= 4 is 34.0 Å². The molecule has 8 heteroatoms. The second-order valence-corrected chi connectivity index (χ2v) is 5.16. The van der Waals surface area contributed by atoms with Gasteiger partial charge in [0.2, 0.25) is 5.28 Å². The molecule has 0 aliphatic heterocycles. The standard InChI is InChI=1S/C16H12ClF2N3O2/c1-23-13-6-9-12(7-14(13)24-2)21-16(17)22-15(9)20-8-3-4-10(18)11(19)5-8/h3-7H,1-2H3,(H,20,21,22). The molecule has 24 heavy (non-hydrogen) atoms. The highest BCUT2D eigenvalue weighted by Crippen LogP contribution is 2.35. The largest absolute Gasteiger partial charge is 0.493 e. The number of aromatic nitrogens is 2. The van der Waals surface area contributed by atoms with Crippen LogP contribution < -0.4 is 14.8 Å². The Kier molecular flexibility index (Phi) is 4.35. The second kappa shape index (κ2) is 6.45. The van der Waals surface area contributed by atoms with Crippen LogP contribution in [0.2, 0.25) is 5.28 Å². The van der Waals surface area contributed by atoms with Crippen molar-refractivity contribution in [3.63, 3.8) is 0 Å². The molecule has 2 aromatic carbocycles. The third-order valence-electron chi connectivity index (χ3n) is 3.36. The van der Waals surface area contributed by atoms with Crippen LogP contribution in [0.15, 0.2) is 30.3 Å². The van der Waals surface area contributed by atoms with E-state index in [1.54, 1.807) is 12.1 Å². The van der Waals surface area contributed by atoms with E-state index in [1.165, 1.54) is 20.3 Å². The summed E-state index contributed by atoms with van der Waals surface area (Å²) >= 11 is 5.95. The van der Waals surface area contributed by atoms with Gasteiger partial charge in [-0.3, -0.25) is 0 Å². The Morgan fingerprint density at radius 3 is 2.33 bits per heavy atom. The molecule has 0 fully saturated rings. The first-order chi connectivity index (χ1) is 11.5. The zero-order valence-electron chi connectivity index (χ0n) is 12.7. The van der Waals surface area contributed by atoms with Gasteiger partial charge < -0.3 is 14.8 Å². The predicted octanol–water partition coefficient (Wildman–Crippen LogP) is 4.32. The molecule has 1 aromatic heterocycles. The van der Waals surface area contributed by atoms with Crippen molar-refractivity contribution < 1.29 is 18.3 Å². The molecule has 0 unspecified atom stereocenters. The summed E-state index contributed by atoms with van der Waals surface area (Å²) < 4.78 is 36.9. The molecule has 0 aliphatic carbocycles. The van der Waals surface area contributed by atoms with E-state index in [9.17, 15) is 8.78 Å². The molecule has 0 bridgehead atoms. The summed E-state index contributed by atoms with van der Waals surface area (Å²) in [5.41, 5.74) is 0.831. The summed E-state index contributed by atoms with van der Waals surface area (Å²) in [5.74, 6) is -0.610. The van der Waals surface area contributed by atoms with E-state index >= 15 is 0 Å². The number of fused-ring (bicyclic) bond motifs is 1. The lowest BCUT2D eigenvalue weighted by Gasteiger charge is -2.12. The van der Waals surface area contributed by atoms with Gasteiger partial charge >= 0.3 is 0 Å². The highest BCUT2D eigenvalue weighted by atomic mass is 35.5. The van der Waals surface area contributed by atoms with Crippen molar-refractivity contribution in [1.29, 1.82) is 0 Å². The molecule has 5 nitrogen and oxygen atoms in total. The number of methoxy groups -OCH3 is 2. The fourth-order valence-corrected chi connectivity index (χ4v) is 2.41. The molecule has 0 aliphatic rings. The third-order valence-corrected chi connectivity index (χ3v) is 3.53. The molecule has 0 spiro atoms. The lowest BCUT2D eigenvalue weighted by Crippen LogP contribution is -1.99. The summed E-state index contributed by atoms with van der Waals surface area (Å²) in [7, 11) is 3.01. The van der Waals surface area contributed by atoms with Gasteiger partial charge in [-0.2, -0.15) is 4.98 Å². The Bertz CT molecular complexity index is 921. The Balaban J connectivity index is 2.13. The van der Waals surface area contributed by atoms with Crippen LogP contribution in [-0.4, -0.2) is 24.2 Å². The Morgan fingerprint density at radius 1 is 0.958 bits per heavy atom. The van der Waals surface area contributed by atoms with Gasteiger partial charge in [0.05, 0.1) is 19.7 Å². The smallest absolute Gasteiger partial charge is 0.224 e. The van der Waals surface area contributed by atoms with E-state index in [2.05, 4.69) is 15.3 Å². The van der Waals surface area contributed by atoms with Crippen LogP contribution in [0.1, 0.15) is 0 Å². The van der Waals surface area contributed by atoms with Gasteiger partial charge in [-0.25, -0.2) is 13.8 Å². The molecule has 3 aromatic rings.